The van der Waals surface area contributed by atoms with Crippen LogP contribution >= 0.6 is 23.2 Å². The van der Waals surface area contributed by atoms with Crippen LogP contribution in [0.4, 0.5) is 17.2 Å². The highest BCUT2D eigenvalue weighted by Crippen LogP contribution is 2.33. The molecule has 0 bridgehead atoms. The Bertz CT molecular complexity index is 1440. The maximum absolute atomic E-state index is 12.7. The van der Waals surface area contributed by atoms with Crippen molar-refractivity contribution < 1.29 is 0 Å². The predicted molar refractivity (Wildman–Crippen MR) is 144 cm³/mol. The third kappa shape index (κ3) is 4.72. The van der Waals surface area contributed by atoms with Gasteiger partial charge in [-0.3, -0.25) is 4.79 Å². The maximum atomic E-state index is 12.7. The van der Waals surface area contributed by atoms with Crippen molar-refractivity contribution in [3.63, 3.8) is 0 Å². The molecule has 0 atom stereocenters. The number of anilines is 3. The van der Waals surface area contributed by atoms with Crippen molar-refractivity contribution >= 4 is 51.2 Å². The van der Waals surface area contributed by atoms with Crippen LogP contribution in [0.3, 0.4) is 0 Å². The van der Waals surface area contributed by atoms with E-state index in [1.807, 2.05) is 12.1 Å². The molecule has 180 valence electrons. The van der Waals surface area contributed by atoms with E-state index in [1.54, 1.807) is 18.3 Å². The van der Waals surface area contributed by atoms with E-state index >= 15 is 0 Å². The van der Waals surface area contributed by atoms with Crippen LogP contribution in [0.25, 0.3) is 10.8 Å². The van der Waals surface area contributed by atoms with E-state index in [4.69, 9.17) is 28.2 Å². The molecule has 1 aliphatic rings. The zero-order chi connectivity index (χ0) is 24.5. The molecule has 2 aromatic carbocycles. The standard InChI is InChI=1S/C26H26Cl2N6O/c1-15-16(2)23(34-10-8-29-9-11-34)7-6-22(15)32-25-24-17(14-30-33-26(24)35)12-18(31-25)13-19-20(27)4-3-5-21(19)28/h3-7,12,14,29H,8-11,13H2,1-2H3,(H,31,32)(H,33,35). The minimum Gasteiger partial charge on any atom is -0.369 e. The summed E-state index contributed by atoms with van der Waals surface area (Å²) in [6.45, 7) is 8.14. The second kappa shape index (κ2) is 9.85. The molecule has 0 radical (unpaired) electrons. The summed E-state index contributed by atoms with van der Waals surface area (Å²) in [6.07, 6.45) is 2.06. The molecule has 0 aliphatic carbocycles. The van der Waals surface area contributed by atoms with Gasteiger partial charge in [0.2, 0.25) is 0 Å². The molecular formula is C26H26Cl2N6O. The summed E-state index contributed by atoms with van der Waals surface area (Å²) >= 11 is 12.8. The van der Waals surface area contributed by atoms with Gasteiger partial charge in [0.25, 0.3) is 5.56 Å². The molecule has 9 heteroatoms. The summed E-state index contributed by atoms with van der Waals surface area (Å²) in [6, 6.07) is 11.5. The highest BCUT2D eigenvalue weighted by Gasteiger charge is 2.17. The second-order valence-corrected chi connectivity index (χ2v) is 9.56. The van der Waals surface area contributed by atoms with Gasteiger partial charge in [0.1, 0.15) is 5.82 Å². The van der Waals surface area contributed by atoms with Crippen LogP contribution in [-0.2, 0) is 6.42 Å². The van der Waals surface area contributed by atoms with E-state index in [1.165, 1.54) is 11.3 Å². The number of pyridine rings is 1. The fraction of sp³-hybridized carbons (Fsp3) is 0.269. The molecule has 0 saturated carbocycles. The number of hydrogen-bond acceptors (Lipinski definition) is 6. The van der Waals surface area contributed by atoms with E-state index in [0.717, 1.165) is 48.7 Å². The fourth-order valence-corrected chi connectivity index (χ4v) is 5.09. The van der Waals surface area contributed by atoms with Gasteiger partial charge in [-0.25, -0.2) is 10.1 Å². The Morgan fingerprint density at radius 1 is 1.06 bits per heavy atom. The van der Waals surface area contributed by atoms with E-state index < -0.39 is 0 Å². The topological polar surface area (TPSA) is 85.9 Å². The highest BCUT2D eigenvalue weighted by molar-refractivity contribution is 6.36. The Kier molecular flexibility index (Phi) is 6.65. The Balaban J connectivity index is 1.56. The van der Waals surface area contributed by atoms with Crippen LogP contribution in [0.2, 0.25) is 10.0 Å². The monoisotopic (exact) mass is 508 g/mol. The van der Waals surface area contributed by atoms with Gasteiger partial charge in [0.05, 0.1) is 11.6 Å². The molecular weight excluding hydrogens is 483 g/mol. The van der Waals surface area contributed by atoms with Crippen molar-refractivity contribution in [2.24, 2.45) is 0 Å². The summed E-state index contributed by atoms with van der Waals surface area (Å²) < 4.78 is 0. The molecule has 2 aromatic heterocycles. The molecule has 4 aromatic rings. The summed E-state index contributed by atoms with van der Waals surface area (Å²) in [4.78, 5) is 20.0. The molecule has 5 rings (SSSR count). The lowest BCUT2D eigenvalue weighted by Crippen LogP contribution is -2.43. The van der Waals surface area contributed by atoms with Crippen LogP contribution in [0, 0.1) is 13.8 Å². The third-order valence-corrected chi connectivity index (χ3v) is 7.30. The van der Waals surface area contributed by atoms with Crippen LogP contribution in [0.5, 0.6) is 0 Å². The average Bonchev–Trinajstić information content (AvgIpc) is 2.85. The van der Waals surface area contributed by atoms with Crippen molar-refractivity contribution in [1.82, 2.24) is 20.5 Å². The number of fused-ring (bicyclic) bond motifs is 1. The number of benzene rings is 2. The average molecular weight is 509 g/mol. The molecule has 7 nitrogen and oxygen atoms in total. The Morgan fingerprint density at radius 2 is 1.80 bits per heavy atom. The summed E-state index contributed by atoms with van der Waals surface area (Å²) in [5.74, 6) is 0.474. The maximum Gasteiger partial charge on any atom is 0.275 e. The number of hydrogen-bond donors (Lipinski definition) is 3. The Hall–Kier alpha value is -3.13. The molecule has 0 amide bonds. The first-order valence-corrected chi connectivity index (χ1v) is 12.3. The molecule has 35 heavy (non-hydrogen) atoms. The lowest BCUT2D eigenvalue weighted by molar-refractivity contribution is 0.588. The number of nitrogens with one attached hydrogen (secondary N) is 3. The number of piperazine rings is 1. The number of H-pyrrole nitrogens is 1. The van der Waals surface area contributed by atoms with Gasteiger partial charge >= 0.3 is 0 Å². The quantitative estimate of drug-likeness (QED) is 0.352. The highest BCUT2D eigenvalue weighted by atomic mass is 35.5. The van der Waals surface area contributed by atoms with E-state index in [0.29, 0.717) is 33.1 Å². The zero-order valence-electron chi connectivity index (χ0n) is 19.6. The minimum absolute atomic E-state index is 0.299. The van der Waals surface area contributed by atoms with Gasteiger partial charge in [-0.15, -0.1) is 0 Å². The Labute approximate surface area is 213 Å². The van der Waals surface area contributed by atoms with E-state index in [2.05, 4.69) is 51.7 Å². The third-order valence-electron chi connectivity index (χ3n) is 6.59. The number of aromatic amines is 1. The van der Waals surface area contributed by atoms with Crippen molar-refractivity contribution in [2.75, 3.05) is 36.4 Å². The van der Waals surface area contributed by atoms with Crippen molar-refractivity contribution in [1.29, 1.82) is 0 Å². The first-order chi connectivity index (χ1) is 16.9. The van der Waals surface area contributed by atoms with Crippen LogP contribution in [0.1, 0.15) is 22.4 Å². The normalized spacial score (nSPS) is 13.9. The van der Waals surface area contributed by atoms with Crippen LogP contribution in [-0.4, -0.2) is 41.4 Å². The number of rotatable bonds is 5. The SMILES string of the molecule is Cc1c(Nc2nc(Cc3c(Cl)cccc3Cl)cc3cn[nH]c(=O)c23)ccc(N2CCNCC2)c1C. The van der Waals surface area contributed by atoms with Gasteiger partial charge in [-0.05, 0) is 60.9 Å². The Morgan fingerprint density at radius 3 is 2.54 bits per heavy atom. The van der Waals surface area contributed by atoms with Crippen LogP contribution in [0.15, 0.2) is 47.4 Å². The van der Waals surface area contributed by atoms with Gasteiger partial charge in [-0.1, -0.05) is 29.3 Å². The number of halogens is 2. The van der Waals surface area contributed by atoms with Crippen molar-refractivity contribution in [2.45, 2.75) is 20.3 Å². The largest absolute Gasteiger partial charge is 0.369 e. The molecule has 1 fully saturated rings. The molecule has 1 saturated heterocycles. The zero-order valence-corrected chi connectivity index (χ0v) is 21.1. The molecule has 3 N–H and O–H groups in total. The lowest BCUT2D eigenvalue weighted by Gasteiger charge is -2.31. The van der Waals surface area contributed by atoms with Gasteiger partial charge in [-0.2, -0.15) is 5.10 Å². The molecule has 3 heterocycles. The van der Waals surface area contributed by atoms with Crippen molar-refractivity contribution in [3.8, 4) is 0 Å². The number of nitrogens with zero attached hydrogens (tertiary/aromatic N) is 3. The summed E-state index contributed by atoms with van der Waals surface area (Å²) in [5, 5.41) is 15.6. The molecule has 0 spiro atoms. The molecule has 1 aliphatic heterocycles. The van der Waals surface area contributed by atoms with Gasteiger partial charge in [0, 0.05) is 65.1 Å². The first-order valence-electron chi connectivity index (χ1n) is 11.6. The summed E-state index contributed by atoms with van der Waals surface area (Å²) in [7, 11) is 0. The second-order valence-electron chi connectivity index (χ2n) is 8.75. The minimum atomic E-state index is -0.299. The summed E-state index contributed by atoms with van der Waals surface area (Å²) in [5.41, 5.74) is 5.67. The van der Waals surface area contributed by atoms with Gasteiger partial charge < -0.3 is 15.5 Å². The van der Waals surface area contributed by atoms with E-state index in [-0.39, 0.29) is 5.56 Å². The first kappa shape index (κ1) is 23.6. The molecule has 0 unspecified atom stereocenters. The van der Waals surface area contributed by atoms with Crippen LogP contribution < -0.4 is 21.1 Å². The van der Waals surface area contributed by atoms with Gasteiger partial charge in [0.15, 0.2) is 0 Å². The predicted octanol–water partition coefficient (Wildman–Crippen LogP) is 4.99. The fourth-order valence-electron chi connectivity index (χ4n) is 4.56. The smallest absolute Gasteiger partial charge is 0.275 e. The van der Waals surface area contributed by atoms with E-state index in [9.17, 15) is 4.79 Å². The number of aromatic nitrogens is 3. The van der Waals surface area contributed by atoms with Crippen molar-refractivity contribution in [3.05, 3.63) is 85.4 Å². The lowest BCUT2D eigenvalue weighted by atomic mass is 10.0.